The molecule has 0 bridgehead atoms. The maximum atomic E-state index is 13.0. The van der Waals surface area contributed by atoms with Crippen LogP contribution in [0.5, 0.6) is 0 Å². The van der Waals surface area contributed by atoms with Gasteiger partial charge in [0.15, 0.2) is 0 Å². The zero-order valence-electron chi connectivity index (χ0n) is 15.4. The summed E-state index contributed by atoms with van der Waals surface area (Å²) in [6.07, 6.45) is 0. The van der Waals surface area contributed by atoms with Gasteiger partial charge in [0.25, 0.3) is 0 Å². The van der Waals surface area contributed by atoms with Crippen LogP contribution < -0.4 is 10.2 Å². The molecule has 1 saturated heterocycles. The summed E-state index contributed by atoms with van der Waals surface area (Å²) < 4.78 is 13.0. The molecule has 26 heavy (non-hydrogen) atoms. The summed E-state index contributed by atoms with van der Waals surface area (Å²) in [7, 11) is 0. The molecule has 1 aliphatic rings. The van der Waals surface area contributed by atoms with E-state index in [0.29, 0.717) is 0 Å². The van der Waals surface area contributed by atoms with Gasteiger partial charge in [-0.15, -0.1) is 0 Å². The van der Waals surface area contributed by atoms with Crippen molar-refractivity contribution in [1.82, 2.24) is 10.2 Å². The summed E-state index contributed by atoms with van der Waals surface area (Å²) in [5.74, 6) is -0.257. The molecule has 0 aliphatic carbocycles. The van der Waals surface area contributed by atoms with E-state index in [0.717, 1.165) is 31.7 Å². The van der Waals surface area contributed by atoms with E-state index in [4.69, 9.17) is 0 Å². The number of nitrogens with zero attached hydrogens (tertiary/aromatic N) is 2. The number of hydrogen-bond donors (Lipinski definition) is 1. The lowest BCUT2D eigenvalue weighted by molar-refractivity contribution is -0.126. The van der Waals surface area contributed by atoms with Crippen LogP contribution in [0.15, 0.2) is 54.6 Å². The lowest BCUT2D eigenvalue weighted by Gasteiger charge is -2.38. The maximum absolute atomic E-state index is 13.0. The zero-order chi connectivity index (χ0) is 18.5. The first-order valence-corrected chi connectivity index (χ1v) is 9.14. The molecule has 138 valence electrons. The summed E-state index contributed by atoms with van der Waals surface area (Å²) in [5.41, 5.74) is 2.13. The number of carbonyl (C=O) groups excluding carboxylic acids is 1. The standard InChI is InChI=1S/C21H26FN3O/c1-16(18-8-10-19(22)11-9-18)23-21(26)17(2)24-12-14-25(15-13-24)20-6-4-3-5-7-20/h3-11,16-17H,12-15H2,1-2H3,(H,23,26)/t16-,17-/m1/s1. The van der Waals surface area contributed by atoms with Crippen molar-refractivity contribution in [3.8, 4) is 0 Å². The Kier molecular flexibility index (Phi) is 5.89. The number of carbonyl (C=O) groups is 1. The van der Waals surface area contributed by atoms with Gasteiger partial charge < -0.3 is 10.2 Å². The average molecular weight is 355 g/mol. The molecule has 2 aromatic rings. The Labute approximate surface area is 154 Å². The Morgan fingerprint density at radius 2 is 1.58 bits per heavy atom. The highest BCUT2D eigenvalue weighted by Gasteiger charge is 2.26. The molecule has 2 atom stereocenters. The summed E-state index contributed by atoms with van der Waals surface area (Å²) >= 11 is 0. The van der Waals surface area contributed by atoms with E-state index >= 15 is 0 Å². The minimum Gasteiger partial charge on any atom is -0.369 e. The van der Waals surface area contributed by atoms with Crippen molar-refractivity contribution in [2.75, 3.05) is 31.1 Å². The van der Waals surface area contributed by atoms with Gasteiger partial charge >= 0.3 is 0 Å². The van der Waals surface area contributed by atoms with Gasteiger partial charge in [0.1, 0.15) is 5.82 Å². The molecule has 0 radical (unpaired) electrons. The quantitative estimate of drug-likeness (QED) is 0.895. The molecule has 5 heteroatoms. The van der Waals surface area contributed by atoms with Gasteiger partial charge in [-0.25, -0.2) is 4.39 Å². The Hall–Kier alpha value is -2.40. The van der Waals surface area contributed by atoms with Gasteiger partial charge in [-0.3, -0.25) is 9.69 Å². The maximum Gasteiger partial charge on any atom is 0.237 e. The number of piperazine rings is 1. The fourth-order valence-electron chi connectivity index (χ4n) is 3.34. The van der Waals surface area contributed by atoms with E-state index in [1.54, 1.807) is 12.1 Å². The van der Waals surface area contributed by atoms with Crippen molar-refractivity contribution >= 4 is 11.6 Å². The number of amides is 1. The molecule has 4 nitrogen and oxygen atoms in total. The lowest BCUT2D eigenvalue weighted by Crippen LogP contribution is -2.54. The smallest absolute Gasteiger partial charge is 0.237 e. The number of nitrogens with one attached hydrogen (secondary N) is 1. The molecule has 1 heterocycles. The minimum absolute atomic E-state index is 0.00925. The van der Waals surface area contributed by atoms with Gasteiger partial charge in [-0.2, -0.15) is 0 Å². The molecule has 1 fully saturated rings. The van der Waals surface area contributed by atoms with E-state index < -0.39 is 0 Å². The molecule has 1 aliphatic heterocycles. The number of anilines is 1. The van der Waals surface area contributed by atoms with Crippen LogP contribution in [0, 0.1) is 5.82 Å². The van der Waals surface area contributed by atoms with Crippen LogP contribution in [0.25, 0.3) is 0 Å². The van der Waals surface area contributed by atoms with Gasteiger partial charge in [0.05, 0.1) is 12.1 Å². The van der Waals surface area contributed by atoms with Crippen LogP contribution in [-0.2, 0) is 4.79 Å². The molecular weight excluding hydrogens is 329 g/mol. The second-order valence-corrected chi connectivity index (χ2v) is 6.82. The van der Waals surface area contributed by atoms with Gasteiger partial charge in [0.2, 0.25) is 5.91 Å². The number of hydrogen-bond acceptors (Lipinski definition) is 3. The molecule has 0 aromatic heterocycles. The second kappa shape index (κ2) is 8.32. The molecule has 1 amide bonds. The number of rotatable bonds is 5. The van der Waals surface area contributed by atoms with E-state index in [1.807, 2.05) is 19.9 Å². The van der Waals surface area contributed by atoms with Crippen molar-refractivity contribution in [3.05, 3.63) is 66.0 Å². The Morgan fingerprint density at radius 3 is 2.19 bits per heavy atom. The van der Waals surface area contributed by atoms with Crippen LogP contribution in [0.4, 0.5) is 10.1 Å². The van der Waals surface area contributed by atoms with Crippen molar-refractivity contribution in [2.24, 2.45) is 0 Å². The largest absolute Gasteiger partial charge is 0.369 e. The summed E-state index contributed by atoms with van der Waals surface area (Å²) in [6.45, 7) is 7.41. The van der Waals surface area contributed by atoms with Crippen molar-refractivity contribution < 1.29 is 9.18 Å². The monoisotopic (exact) mass is 355 g/mol. The zero-order valence-corrected chi connectivity index (χ0v) is 15.4. The van der Waals surface area contributed by atoms with Crippen LogP contribution in [0.1, 0.15) is 25.5 Å². The van der Waals surface area contributed by atoms with Gasteiger partial charge in [-0.05, 0) is 43.7 Å². The topological polar surface area (TPSA) is 35.6 Å². The Balaban J connectivity index is 1.52. The van der Waals surface area contributed by atoms with Crippen LogP contribution in [0.3, 0.4) is 0 Å². The minimum atomic E-state index is -0.267. The Morgan fingerprint density at radius 1 is 0.962 bits per heavy atom. The summed E-state index contributed by atoms with van der Waals surface area (Å²) in [6, 6.07) is 16.3. The first-order chi connectivity index (χ1) is 12.5. The summed E-state index contributed by atoms with van der Waals surface area (Å²) in [4.78, 5) is 17.2. The molecular formula is C21H26FN3O. The summed E-state index contributed by atoms with van der Waals surface area (Å²) in [5, 5.41) is 3.04. The lowest BCUT2D eigenvalue weighted by atomic mass is 10.1. The molecule has 1 N–H and O–H groups in total. The van der Waals surface area contributed by atoms with Crippen molar-refractivity contribution in [1.29, 1.82) is 0 Å². The third-order valence-electron chi connectivity index (χ3n) is 5.09. The third-order valence-corrected chi connectivity index (χ3v) is 5.09. The van der Waals surface area contributed by atoms with Crippen LogP contribution in [0.2, 0.25) is 0 Å². The predicted molar refractivity (Wildman–Crippen MR) is 103 cm³/mol. The highest BCUT2D eigenvalue weighted by atomic mass is 19.1. The van der Waals surface area contributed by atoms with E-state index in [-0.39, 0.29) is 23.8 Å². The third kappa shape index (κ3) is 4.41. The number of para-hydroxylation sites is 1. The first kappa shape index (κ1) is 18.4. The average Bonchev–Trinajstić information content (AvgIpc) is 2.68. The number of halogens is 1. The highest BCUT2D eigenvalue weighted by Crippen LogP contribution is 2.17. The fraction of sp³-hybridized carbons (Fsp3) is 0.381. The molecule has 0 unspecified atom stereocenters. The van der Waals surface area contributed by atoms with Crippen LogP contribution in [-0.4, -0.2) is 43.0 Å². The molecule has 2 aromatic carbocycles. The van der Waals surface area contributed by atoms with Crippen molar-refractivity contribution in [2.45, 2.75) is 25.9 Å². The van der Waals surface area contributed by atoms with Gasteiger partial charge in [-0.1, -0.05) is 30.3 Å². The second-order valence-electron chi connectivity index (χ2n) is 6.82. The van der Waals surface area contributed by atoms with Gasteiger partial charge in [0, 0.05) is 31.9 Å². The molecule has 0 saturated carbocycles. The number of benzene rings is 2. The molecule has 3 rings (SSSR count). The molecule has 0 spiro atoms. The first-order valence-electron chi connectivity index (χ1n) is 9.14. The van der Waals surface area contributed by atoms with E-state index in [2.05, 4.69) is 39.4 Å². The fourth-order valence-corrected chi connectivity index (χ4v) is 3.34. The van der Waals surface area contributed by atoms with Crippen molar-refractivity contribution in [3.63, 3.8) is 0 Å². The predicted octanol–water partition coefficient (Wildman–Crippen LogP) is 3.21. The van der Waals surface area contributed by atoms with E-state index in [1.165, 1.54) is 17.8 Å². The normalized spacial score (nSPS) is 17.6. The Bertz CT molecular complexity index is 712. The highest BCUT2D eigenvalue weighted by molar-refractivity contribution is 5.81. The SMILES string of the molecule is C[C@H](C(=O)N[C@H](C)c1ccc(F)cc1)N1CCN(c2ccccc2)CC1. The van der Waals surface area contributed by atoms with E-state index in [9.17, 15) is 9.18 Å². The van der Waals surface area contributed by atoms with Crippen LogP contribution >= 0.6 is 0 Å².